The molecule has 0 saturated heterocycles. The summed E-state index contributed by atoms with van der Waals surface area (Å²) in [6.07, 6.45) is 1.41. The number of nitrogens with one attached hydrogen (secondary N) is 2. The maximum Gasteiger partial charge on any atom is 0.329 e. The molecule has 0 bridgehead atoms. The smallest absolute Gasteiger partial charge is 0.329 e. The standard InChI is InChI=1S/C19H19Cl2N3O3/c1-12(2)23-18(25)19(26)24-22-10-13-5-3-6-14(9-13)27-11-15-16(20)7-4-8-17(15)21/h3-10,12H,11H2,1-2H3,(H,23,25)(H,24,26)/b22-10-. The SMILES string of the molecule is CC(C)NC(=O)C(=O)N/N=C\c1cccc(OCc2c(Cl)cccc2Cl)c1. The van der Waals surface area contributed by atoms with Crippen LogP contribution in [0, 0.1) is 0 Å². The van der Waals surface area contributed by atoms with Gasteiger partial charge in [0.05, 0.1) is 6.21 Å². The average Bonchev–Trinajstić information content (AvgIpc) is 2.61. The predicted molar refractivity (Wildman–Crippen MR) is 106 cm³/mol. The van der Waals surface area contributed by atoms with Crippen LogP contribution in [0.1, 0.15) is 25.0 Å². The van der Waals surface area contributed by atoms with Gasteiger partial charge in [-0.25, -0.2) is 5.43 Å². The molecule has 0 aliphatic heterocycles. The van der Waals surface area contributed by atoms with Crippen LogP contribution >= 0.6 is 23.2 Å². The van der Waals surface area contributed by atoms with Gasteiger partial charge in [0, 0.05) is 21.7 Å². The minimum absolute atomic E-state index is 0.132. The van der Waals surface area contributed by atoms with Gasteiger partial charge in [-0.15, -0.1) is 0 Å². The molecule has 0 aromatic heterocycles. The van der Waals surface area contributed by atoms with Crippen LogP contribution in [0.25, 0.3) is 0 Å². The first kappa shape index (κ1) is 20.7. The molecule has 2 aromatic rings. The van der Waals surface area contributed by atoms with Gasteiger partial charge in [-0.2, -0.15) is 5.10 Å². The fraction of sp³-hybridized carbons (Fsp3) is 0.211. The first-order chi connectivity index (χ1) is 12.9. The first-order valence-electron chi connectivity index (χ1n) is 8.16. The highest BCUT2D eigenvalue weighted by atomic mass is 35.5. The van der Waals surface area contributed by atoms with Gasteiger partial charge in [0.15, 0.2) is 0 Å². The second kappa shape index (κ2) is 9.94. The number of amides is 2. The van der Waals surface area contributed by atoms with Crippen molar-refractivity contribution in [1.82, 2.24) is 10.7 Å². The number of ether oxygens (including phenoxy) is 1. The summed E-state index contributed by atoms with van der Waals surface area (Å²) in [4.78, 5) is 23.1. The van der Waals surface area contributed by atoms with Gasteiger partial charge < -0.3 is 10.1 Å². The number of hydrazone groups is 1. The van der Waals surface area contributed by atoms with E-state index in [0.717, 1.165) is 0 Å². The third-order valence-electron chi connectivity index (χ3n) is 3.31. The van der Waals surface area contributed by atoms with E-state index in [1.165, 1.54) is 6.21 Å². The topological polar surface area (TPSA) is 79.8 Å². The normalized spacial score (nSPS) is 10.9. The minimum atomic E-state index is -0.833. The van der Waals surface area contributed by atoms with Crippen LogP contribution in [0.4, 0.5) is 0 Å². The Bertz CT molecular complexity index is 834. The van der Waals surface area contributed by atoms with Crippen molar-refractivity contribution in [1.29, 1.82) is 0 Å². The van der Waals surface area contributed by atoms with Crippen molar-refractivity contribution in [2.24, 2.45) is 5.10 Å². The molecule has 0 saturated carbocycles. The van der Waals surface area contributed by atoms with Crippen LogP contribution in [0.2, 0.25) is 10.0 Å². The second-order valence-electron chi connectivity index (χ2n) is 5.89. The van der Waals surface area contributed by atoms with Crippen LogP contribution in [-0.2, 0) is 16.2 Å². The van der Waals surface area contributed by atoms with E-state index in [1.807, 2.05) is 0 Å². The molecule has 0 spiro atoms. The summed E-state index contributed by atoms with van der Waals surface area (Å²) in [6.45, 7) is 3.73. The number of rotatable bonds is 6. The molecule has 0 aliphatic carbocycles. The van der Waals surface area contributed by atoms with Crippen molar-refractivity contribution in [3.63, 3.8) is 0 Å². The van der Waals surface area contributed by atoms with Crippen molar-refractivity contribution in [2.75, 3.05) is 0 Å². The summed E-state index contributed by atoms with van der Waals surface area (Å²) in [5.74, 6) is -0.990. The summed E-state index contributed by atoms with van der Waals surface area (Å²) < 4.78 is 5.72. The summed E-state index contributed by atoms with van der Waals surface area (Å²) in [6, 6.07) is 12.2. The lowest BCUT2D eigenvalue weighted by Crippen LogP contribution is -2.41. The van der Waals surface area contributed by atoms with Crippen LogP contribution in [0.15, 0.2) is 47.6 Å². The maximum absolute atomic E-state index is 11.6. The monoisotopic (exact) mass is 407 g/mol. The molecule has 0 fully saturated rings. The number of nitrogens with zero attached hydrogens (tertiary/aromatic N) is 1. The molecule has 142 valence electrons. The molecule has 2 amide bonds. The van der Waals surface area contributed by atoms with Crippen molar-refractivity contribution >= 4 is 41.2 Å². The van der Waals surface area contributed by atoms with Crippen molar-refractivity contribution in [3.05, 3.63) is 63.6 Å². The Morgan fingerprint density at radius 2 is 1.78 bits per heavy atom. The fourth-order valence-electron chi connectivity index (χ4n) is 2.05. The number of halogens is 2. The molecule has 0 heterocycles. The van der Waals surface area contributed by atoms with Gasteiger partial charge in [-0.1, -0.05) is 41.4 Å². The minimum Gasteiger partial charge on any atom is -0.489 e. The van der Waals surface area contributed by atoms with E-state index in [1.54, 1.807) is 56.3 Å². The van der Waals surface area contributed by atoms with Crippen molar-refractivity contribution in [3.8, 4) is 5.75 Å². The van der Waals surface area contributed by atoms with Gasteiger partial charge in [0.2, 0.25) is 0 Å². The van der Waals surface area contributed by atoms with Crippen LogP contribution in [-0.4, -0.2) is 24.1 Å². The van der Waals surface area contributed by atoms with Crippen LogP contribution in [0.5, 0.6) is 5.75 Å². The summed E-state index contributed by atoms with van der Waals surface area (Å²) >= 11 is 12.2. The highest BCUT2D eigenvalue weighted by Gasteiger charge is 2.12. The third kappa shape index (κ3) is 6.58. The summed E-state index contributed by atoms with van der Waals surface area (Å²) in [5, 5.41) is 7.31. The quantitative estimate of drug-likeness (QED) is 0.436. The molecule has 0 unspecified atom stereocenters. The lowest BCUT2D eigenvalue weighted by molar-refractivity contribution is -0.139. The Hall–Kier alpha value is -2.57. The summed E-state index contributed by atoms with van der Waals surface area (Å²) in [7, 11) is 0. The highest BCUT2D eigenvalue weighted by molar-refractivity contribution is 6.36. The largest absolute Gasteiger partial charge is 0.489 e. The lowest BCUT2D eigenvalue weighted by Gasteiger charge is -2.10. The molecule has 0 radical (unpaired) electrons. The molecular formula is C19H19Cl2N3O3. The zero-order valence-electron chi connectivity index (χ0n) is 14.8. The molecule has 8 heteroatoms. The van der Waals surface area contributed by atoms with Gasteiger partial charge in [-0.3, -0.25) is 9.59 Å². The Kier molecular flexibility index (Phi) is 7.64. The molecule has 2 aromatic carbocycles. The maximum atomic E-state index is 11.6. The number of benzene rings is 2. The lowest BCUT2D eigenvalue weighted by atomic mass is 10.2. The fourth-order valence-corrected chi connectivity index (χ4v) is 2.56. The zero-order chi connectivity index (χ0) is 19.8. The van der Waals surface area contributed by atoms with E-state index in [-0.39, 0.29) is 12.6 Å². The average molecular weight is 408 g/mol. The third-order valence-corrected chi connectivity index (χ3v) is 4.02. The Morgan fingerprint density at radius 3 is 2.44 bits per heavy atom. The Labute approximate surface area is 167 Å². The van der Waals surface area contributed by atoms with Crippen molar-refractivity contribution < 1.29 is 14.3 Å². The van der Waals surface area contributed by atoms with Crippen LogP contribution in [0.3, 0.4) is 0 Å². The molecule has 0 atom stereocenters. The number of hydrogen-bond acceptors (Lipinski definition) is 4. The molecule has 0 aliphatic rings. The van der Waals surface area contributed by atoms with Gasteiger partial charge in [0.1, 0.15) is 12.4 Å². The van der Waals surface area contributed by atoms with Gasteiger partial charge in [0.25, 0.3) is 0 Å². The van der Waals surface area contributed by atoms with E-state index in [9.17, 15) is 9.59 Å². The van der Waals surface area contributed by atoms with E-state index < -0.39 is 11.8 Å². The Balaban J connectivity index is 1.95. The number of carbonyl (C=O) groups is 2. The second-order valence-corrected chi connectivity index (χ2v) is 6.70. The van der Waals surface area contributed by atoms with E-state index in [4.69, 9.17) is 27.9 Å². The van der Waals surface area contributed by atoms with Crippen LogP contribution < -0.4 is 15.5 Å². The molecule has 6 nitrogen and oxygen atoms in total. The zero-order valence-corrected chi connectivity index (χ0v) is 16.3. The van der Waals surface area contributed by atoms with E-state index >= 15 is 0 Å². The molecule has 27 heavy (non-hydrogen) atoms. The van der Waals surface area contributed by atoms with Gasteiger partial charge >= 0.3 is 11.8 Å². The van der Waals surface area contributed by atoms with Gasteiger partial charge in [-0.05, 0) is 43.7 Å². The van der Waals surface area contributed by atoms with Crippen molar-refractivity contribution in [2.45, 2.75) is 26.5 Å². The number of hydrogen-bond donors (Lipinski definition) is 2. The predicted octanol–water partition coefficient (Wildman–Crippen LogP) is 3.55. The molecular weight excluding hydrogens is 389 g/mol. The summed E-state index contributed by atoms with van der Waals surface area (Å²) in [5.41, 5.74) is 3.55. The van der Waals surface area contributed by atoms with E-state index in [2.05, 4.69) is 15.8 Å². The Morgan fingerprint density at radius 1 is 1.11 bits per heavy atom. The van der Waals surface area contributed by atoms with E-state index in [0.29, 0.717) is 26.9 Å². The molecule has 2 N–H and O–H groups in total. The number of carbonyl (C=O) groups excluding carboxylic acids is 2. The molecule has 2 rings (SSSR count). The first-order valence-corrected chi connectivity index (χ1v) is 8.92. The highest BCUT2D eigenvalue weighted by Crippen LogP contribution is 2.26.